The van der Waals surface area contributed by atoms with Crippen molar-refractivity contribution in [1.82, 2.24) is 0 Å². The molecule has 1 aromatic carbocycles. The van der Waals surface area contributed by atoms with E-state index in [9.17, 15) is 4.57 Å². The maximum atomic E-state index is 12.3. The van der Waals surface area contributed by atoms with Gasteiger partial charge in [0.2, 0.25) is 0 Å². The number of benzene rings is 1. The van der Waals surface area contributed by atoms with Gasteiger partial charge >= 0.3 is 7.60 Å². The molecule has 0 aromatic heterocycles. The molecule has 0 fully saturated rings. The van der Waals surface area contributed by atoms with Crippen molar-refractivity contribution >= 4 is 42.1 Å². The molecule has 1 aromatic rings. The molecule has 0 aliphatic heterocycles. The van der Waals surface area contributed by atoms with E-state index in [2.05, 4.69) is 5.32 Å². The van der Waals surface area contributed by atoms with Gasteiger partial charge in [-0.2, -0.15) is 0 Å². The number of hydrogen-bond donors (Lipinski definition) is 1. The fourth-order valence-electron chi connectivity index (χ4n) is 1.43. The van der Waals surface area contributed by atoms with Gasteiger partial charge in [-0.25, -0.2) is 0 Å². The summed E-state index contributed by atoms with van der Waals surface area (Å²) in [5.41, 5.74) is 0.786. The van der Waals surface area contributed by atoms with Crippen LogP contribution in [0, 0.1) is 0 Å². The van der Waals surface area contributed by atoms with Gasteiger partial charge in [0.25, 0.3) is 0 Å². The lowest BCUT2D eigenvalue weighted by Gasteiger charge is -2.18. The molecule has 0 atom stereocenters. The second kappa shape index (κ2) is 7.98. The van der Waals surface area contributed by atoms with E-state index in [-0.39, 0.29) is 6.16 Å². The van der Waals surface area contributed by atoms with Gasteiger partial charge in [0.15, 0.2) is 0 Å². The third-order valence-corrected chi connectivity index (χ3v) is 4.84. The standard InChI is InChI=1S/C12H17ClNO3PS/c1-3-16-18(15,17-4-2)9-12(19)14-11-7-5-10(13)6-8-11/h5-8H,3-4,9H2,1-2H3,(H,14,19). The molecule has 19 heavy (non-hydrogen) atoms. The molecule has 7 heteroatoms. The van der Waals surface area contributed by atoms with E-state index in [1.807, 2.05) is 0 Å². The number of anilines is 1. The highest BCUT2D eigenvalue weighted by atomic mass is 35.5. The summed E-state index contributed by atoms with van der Waals surface area (Å²) in [5, 5.41) is 3.63. The molecule has 0 unspecified atom stereocenters. The summed E-state index contributed by atoms with van der Waals surface area (Å²) < 4.78 is 22.6. The van der Waals surface area contributed by atoms with Crippen LogP contribution in [0.3, 0.4) is 0 Å². The first-order valence-corrected chi connectivity index (χ1v) is 8.44. The van der Waals surface area contributed by atoms with Gasteiger partial charge in [-0.3, -0.25) is 4.57 Å². The van der Waals surface area contributed by atoms with E-state index >= 15 is 0 Å². The Morgan fingerprint density at radius 3 is 2.26 bits per heavy atom. The van der Waals surface area contributed by atoms with Crippen molar-refractivity contribution < 1.29 is 13.6 Å². The van der Waals surface area contributed by atoms with Crippen LogP contribution in [0.25, 0.3) is 0 Å². The van der Waals surface area contributed by atoms with E-state index in [4.69, 9.17) is 32.9 Å². The molecule has 0 saturated carbocycles. The Labute approximate surface area is 124 Å². The van der Waals surface area contributed by atoms with Crippen LogP contribution in [0.2, 0.25) is 5.02 Å². The third-order valence-electron chi connectivity index (χ3n) is 2.12. The fraction of sp³-hybridized carbons (Fsp3) is 0.417. The Bertz CT molecular complexity index is 457. The van der Waals surface area contributed by atoms with Crippen LogP contribution in [-0.2, 0) is 13.6 Å². The van der Waals surface area contributed by atoms with Crippen molar-refractivity contribution in [3.05, 3.63) is 29.3 Å². The molecule has 1 N–H and O–H groups in total. The summed E-state index contributed by atoms with van der Waals surface area (Å²) >= 11 is 11.0. The van der Waals surface area contributed by atoms with Gasteiger partial charge in [0.05, 0.1) is 18.2 Å². The second-order valence-electron chi connectivity index (χ2n) is 3.66. The molecule has 0 spiro atoms. The molecular weight excluding hydrogens is 305 g/mol. The summed E-state index contributed by atoms with van der Waals surface area (Å²) in [6.07, 6.45) is 0.0621. The lowest BCUT2D eigenvalue weighted by molar-refractivity contribution is 0.223. The molecule has 0 aliphatic carbocycles. The number of halogens is 1. The molecule has 0 radical (unpaired) electrons. The molecule has 0 amide bonds. The quantitative estimate of drug-likeness (QED) is 0.597. The zero-order chi connectivity index (χ0) is 14.3. The molecule has 0 bridgehead atoms. The Balaban J connectivity index is 2.62. The maximum Gasteiger partial charge on any atom is 0.337 e. The highest BCUT2D eigenvalue weighted by Crippen LogP contribution is 2.47. The molecule has 1 rings (SSSR count). The molecule has 106 valence electrons. The average Bonchev–Trinajstić information content (AvgIpc) is 2.32. The lowest BCUT2D eigenvalue weighted by Crippen LogP contribution is -2.16. The van der Waals surface area contributed by atoms with Crippen molar-refractivity contribution in [2.75, 3.05) is 24.7 Å². The van der Waals surface area contributed by atoms with Crippen LogP contribution >= 0.6 is 31.4 Å². The summed E-state index contributed by atoms with van der Waals surface area (Å²) in [7, 11) is -3.15. The third kappa shape index (κ3) is 6.02. The predicted octanol–water partition coefficient (Wildman–Crippen LogP) is 4.35. The highest BCUT2D eigenvalue weighted by Gasteiger charge is 2.25. The minimum Gasteiger partial charge on any atom is -0.349 e. The number of nitrogens with one attached hydrogen (secondary N) is 1. The van der Waals surface area contributed by atoms with Gasteiger partial charge in [0, 0.05) is 10.7 Å². The first kappa shape index (κ1) is 16.6. The number of thiocarbonyl (C=S) groups is 1. The lowest BCUT2D eigenvalue weighted by atomic mass is 10.3. The first-order valence-electron chi connectivity index (χ1n) is 5.92. The second-order valence-corrected chi connectivity index (χ2v) is 6.64. The largest absolute Gasteiger partial charge is 0.349 e. The van der Waals surface area contributed by atoms with Crippen LogP contribution in [0.1, 0.15) is 13.8 Å². The smallest absolute Gasteiger partial charge is 0.337 e. The van der Waals surface area contributed by atoms with E-state index in [0.29, 0.717) is 23.2 Å². The SMILES string of the molecule is CCOP(=O)(CC(=S)Nc1ccc(Cl)cc1)OCC. The normalized spacial score (nSPS) is 11.3. The summed E-state index contributed by atoms with van der Waals surface area (Å²) in [6, 6.07) is 7.08. The summed E-state index contributed by atoms with van der Waals surface area (Å²) in [6.45, 7) is 4.17. The van der Waals surface area contributed by atoms with Crippen molar-refractivity contribution in [1.29, 1.82) is 0 Å². The van der Waals surface area contributed by atoms with E-state index in [0.717, 1.165) is 5.69 Å². The fourth-order valence-corrected chi connectivity index (χ4v) is 3.62. The zero-order valence-corrected chi connectivity index (χ0v) is 13.4. The summed E-state index contributed by atoms with van der Waals surface area (Å²) in [5.74, 6) is 0. The first-order chi connectivity index (χ1) is 8.99. The Morgan fingerprint density at radius 1 is 1.26 bits per heavy atom. The number of rotatable bonds is 7. The Morgan fingerprint density at radius 2 is 1.79 bits per heavy atom. The van der Waals surface area contributed by atoms with E-state index in [1.165, 1.54) is 0 Å². The predicted molar refractivity (Wildman–Crippen MR) is 83.4 cm³/mol. The van der Waals surface area contributed by atoms with Crippen molar-refractivity contribution in [3.63, 3.8) is 0 Å². The van der Waals surface area contributed by atoms with Crippen LogP contribution in [0.15, 0.2) is 24.3 Å². The van der Waals surface area contributed by atoms with Crippen LogP contribution < -0.4 is 5.32 Å². The Hall–Kier alpha value is -0.450. The van der Waals surface area contributed by atoms with Crippen molar-refractivity contribution in [3.8, 4) is 0 Å². The maximum absolute atomic E-state index is 12.3. The molecule has 0 saturated heterocycles. The van der Waals surface area contributed by atoms with Gasteiger partial charge < -0.3 is 14.4 Å². The van der Waals surface area contributed by atoms with Gasteiger partial charge in [-0.1, -0.05) is 23.8 Å². The summed E-state index contributed by atoms with van der Waals surface area (Å²) in [4.78, 5) is 0.410. The average molecular weight is 322 g/mol. The number of hydrogen-bond acceptors (Lipinski definition) is 4. The molecule has 0 aliphatic rings. The Kier molecular flexibility index (Phi) is 6.97. The molecular formula is C12H17ClNO3PS. The van der Waals surface area contributed by atoms with Gasteiger partial charge in [-0.05, 0) is 38.1 Å². The van der Waals surface area contributed by atoms with Crippen LogP contribution in [0.5, 0.6) is 0 Å². The van der Waals surface area contributed by atoms with Gasteiger partial charge in [-0.15, -0.1) is 0 Å². The topological polar surface area (TPSA) is 47.6 Å². The molecule has 0 heterocycles. The van der Waals surface area contributed by atoms with E-state index in [1.54, 1.807) is 38.1 Å². The highest BCUT2D eigenvalue weighted by molar-refractivity contribution is 7.81. The van der Waals surface area contributed by atoms with Gasteiger partial charge in [0.1, 0.15) is 6.16 Å². The zero-order valence-electron chi connectivity index (χ0n) is 10.9. The molecule has 4 nitrogen and oxygen atoms in total. The minimum absolute atomic E-state index is 0.0621. The van der Waals surface area contributed by atoms with Crippen LogP contribution in [-0.4, -0.2) is 24.4 Å². The van der Waals surface area contributed by atoms with E-state index < -0.39 is 7.60 Å². The minimum atomic E-state index is -3.15. The monoisotopic (exact) mass is 321 g/mol. The van der Waals surface area contributed by atoms with Crippen LogP contribution in [0.4, 0.5) is 5.69 Å². The van der Waals surface area contributed by atoms with Crippen molar-refractivity contribution in [2.45, 2.75) is 13.8 Å². The van der Waals surface area contributed by atoms with Crippen molar-refractivity contribution in [2.24, 2.45) is 0 Å².